The van der Waals surface area contributed by atoms with Crippen molar-refractivity contribution in [3.8, 4) is 0 Å². The van der Waals surface area contributed by atoms with Crippen LogP contribution in [0.2, 0.25) is 15.1 Å². The first-order valence-electron chi connectivity index (χ1n) is 9.39. The average Bonchev–Trinajstić information content (AvgIpc) is 2.71. The number of carbonyl (C=O) groups excluding carboxylic acids is 1. The molecule has 1 aliphatic rings. The molecule has 154 valence electrons. The molecule has 0 saturated carbocycles. The van der Waals surface area contributed by atoms with Crippen molar-refractivity contribution in [3.05, 3.63) is 68.7 Å². The van der Waals surface area contributed by atoms with Crippen molar-refractivity contribution >= 4 is 46.4 Å². The zero-order chi connectivity index (χ0) is 20.8. The number of hydrogen-bond donors (Lipinski definition) is 1. The molecule has 1 fully saturated rings. The van der Waals surface area contributed by atoms with Crippen molar-refractivity contribution in [1.82, 2.24) is 15.2 Å². The van der Waals surface area contributed by atoms with E-state index in [-0.39, 0.29) is 5.91 Å². The van der Waals surface area contributed by atoms with Crippen molar-refractivity contribution in [2.45, 2.75) is 13.5 Å². The molecular formula is C21H23Cl3N4O. The van der Waals surface area contributed by atoms with Crippen LogP contribution in [0.4, 0.5) is 0 Å². The Labute approximate surface area is 186 Å². The first-order valence-corrected chi connectivity index (χ1v) is 10.5. The van der Waals surface area contributed by atoms with Crippen molar-refractivity contribution in [2.75, 3.05) is 32.7 Å². The standard InChI is InChI=1S/C21H23Cl3N4O/c1-15(16-6-7-19(23)20(24)12-16)25-26-21(29)14-28-10-8-27(9-11-28)13-17-4-2-3-5-18(17)22/h2-7,12H,8-11,13-14H2,1H3,(H,26,29). The van der Waals surface area contributed by atoms with E-state index in [1.165, 1.54) is 0 Å². The van der Waals surface area contributed by atoms with Gasteiger partial charge in [0.1, 0.15) is 0 Å². The lowest BCUT2D eigenvalue weighted by molar-refractivity contribution is -0.122. The van der Waals surface area contributed by atoms with Crippen molar-refractivity contribution in [2.24, 2.45) is 5.10 Å². The molecule has 0 aliphatic carbocycles. The van der Waals surface area contributed by atoms with E-state index in [0.29, 0.717) is 22.3 Å². The molecule has 1 amide bonds. The lowest BCUT2D eigenvalue weighted by atomic mass is 10.1. The summed E-state index contributed by atoms with van der Waals surface area (Å²) in [6, 6.07) is 13.2. The van der Waals surface area contributed by atoms with Crippen LogP contribution in [0, 0.1) is 0 Å². The minimum atomic E-state index is -0.135. The van der Waals surface area contributed by atoms with Gasteiger partial charge in [0.25, 0.3) is 5.91 Å². The lowest BCUT2D eigenvalue weighted by Crippen LogP contribution is -2.48. The molecule has 1 heterocycles. The normalized spacial score (nSPS) is 16.1. The van der Waals surface area contributed by atoms with Crippen LogP contribution < -0.4 is 5.43 Å². The molecule has 1 saturated heterocycles. The van der Waals surface area contributed by atoms with E-state index in [0.717, 1.165) is 48.9 Å². The van der Waals surface area contributed by atoms with Crippen LogP contribution in [0.1, 0.15) is 18.1 Å². The van der Waals surface area contributed by atoms with Gasteiger partial charge in [0.15, 0.2) is 0 Å². The van der Waals surface area contributed by atoms with Crippen molar-refractivity contribution < 1.29 is 4.79 Å². The van der Waals surface area contributed by atoms with Crippen LogP contribution in [0.5, 0.6) is 0 Å². The molecule has 0 aromatic heterocycles. The molecule has 0 spiro atoms. The van der Waals surface area contributed by atoms with Crippen molar-refractivity contribution in [1.29, 1.82) is 0 Å². The summed E-state index contributed by atoms with van der Waals surface area (Å²) < 4.78 is 0. The van der Waals surface area contributed by atoms with E-state index in [9.17, 15) is 4.79 Å². The Balaban J connectivity index is 1.44. The predicted octanol–water partition coefficient (Wildman–Crippen LogP) is 4.30. The largest absolute Gasteiger partial charge is 0.296 e. The van der Waals surface area contributed by atoms with Crippen LogP contribution in [0.15, 0.2) is 47.6 Å². The number of halogens is 3. The molecule has 0 radical (unpaired) electrons. The van der Waals surface area contributed by atoms with Crippen LogP contribution in [0.25, 0.3) is 0 Å². The van der Waals surface area contributed by atoms with Gasteiger partial charge in [0.05, 0.1) is 22.3 Å². The number of benzene rings is 2. The fourth-order valence-electron chi connectivity index (χ4n) is 3.14. The Morgan fingerprint density at radius 3 is 2.34 bits per heavy atom. The first-order chi connectivity index (χ1) is 13.9. The summed E-state index contributed by atoms with van der Waals surface area (Å²) in [5, 5.41) is 5.92. The number of piperazine rings is 1. The van der Waals surface area contributed by atoms with Gasteiger partial charge in [-0.05, 0) is 36.2 Å². The summed E-state index contributed by atoms with van der Waals surface area (Å²) in [7, 11) is 0. The Kier molecular flexibility index (Phi) is 7.92. The Bertz CT molecular complexity index is 895. The Morgan fingerprint density at radius 2 is 1.66 bits per heavy atom. The van der Waals surface area contributed by atoms with E-state index in [4.69, 9.17) is 34.8 Å². The number of hydrogen-bond acceptors (Lipinski definition) is 4. The van der Waals surface area contributed by atoms with E-state index in [1.54, 1.807) is 12.1 Å². The maximum Gasteiger partial charge on any atom is 0.254 e. The van der Waals surface area contributed by atoms with E-state index in [1.807, 2.05) is 31.2 Å². The van der Waals surface area contributed by atoms with Gasteiger partial charge >= 0.3 is 0 Å². The number of nitrogens with zero attached hydrogens (tertiary/aromatic N) is 3. The molecule has 1 N–H and O–H groups in total. The fraction of sp³-hybridized carbons (Fsp3) is 0.333. The number of amides is 1. The molecule has 1 aliphatic heterocycles. The zero-order valence-corrected chi connectivity index (χ0v) is 18.4. The van der Waals surface area contributed by atoms with Gasteiger partial charge < -0.3 is 0 Å². The summed E-state index contributed by atoms with van der Waals surface area (Å²) in [4.78, 5) is 16.7. The summed E-state index contributed by atoms with van der Waals surface area (Å²) >= 11 is 18.2. The smallest absolute Gasteiger partial charge is 0.254 e. The molecule has 0 unspecified atom stereocenters. The zero-order valence-electron chi connectivity index (χ0n) is 16.2. The number of hydrazone groups is 1. The maximum atomic E-state index is 12.2. The molecule has 3 rings (SSSR count). The van der Waals surface area contributed by atoms with Gasteiger partial charge in [-0.15, -0.1) is 0 Å². The molecule has 2 aromatic rings. The van der Waals surface area contributed by atoms with Crippen LogP contribution in [-0.4, -0.2) is 54.1 Å². The van der Waals surface area contributed by atoms with E-state index >= 15 is 0 Å². The van der Waals surface area contributed by atoms with Crippen molar-refractivity contribution in [3.63, 3.8) is 0 Å². The third-order valence-electron chi connectivity index (χ3n) is 4.87. The number of rotatable bonds is 6. The second kappa shape index (κ2) is 10.4. The Morgan fingerprint density at radius 1 is 0.966 bits per heavy atom. The quantitative estimate of drug-likeness (QED) is 0.524. The highest BCUT2D eigenvalue weighted by Gasteiger charge is 2.19. The van der Waals surface area contributed by atoms with Gasteiger partial charge in [0.2, 0.25) is 0 Å². The highest BCUT2D eigenvalue weighted by Crippen LogP contribution is 2.23. The first kappa shape index (κ1) is 22.1. The Hall–Kier alpha value is -1.63. The van der Waals surface area contributed by atoms with E-state index in [2.05, 4.69) is 26.4 Å². The number of carbonyl (C=O) groups is 1. The lowest BCUT2D eigenvalue weighted by Gasteiger charge is -2.34. The van der Waals surface area contributed by atoms with Gasteiger partial charge in [-0.2, -0.15) is 5.10 Å². The summed E-state index contributed by atoms with van der Waals surface area (Å²) in [5.74, 6) is -0.135. The molecule has 29 heavy (non-hydrogen) atoms. The summed E-state index contributed by atoms with van der Waals surface area (Å²) in [6.07, 6.45) is 0. The van der Waals surface area contributed by atoms with E-state index < -0.39 is 0 Å². The molecule has 0 bridgehead atoms. The third kappa shape index (κ3) is 6.43. The molecule has 5 nitrogen and oxygen atoms in total. The highest BCUT2D eigenvalue weighted by atomic mass is 35.5. The minimum Gasteiger partial charge on any atom is -0.296 e. The minimum absolute atomic E-state index is 0.135. The fourth-order valence-corrected chi connectivity index (χ4v) is 3.64. The molecule has 0 atom stereocenters. The summed E-state index contributed by atoms with van der Waals surface area (Å²) in [5.41, 5.74) is 5.23. The SMILES string of the molecule is CC(=NNC(=O)CN1CCN(Cc2ccccc2Cl)CC1)c1ccc(Cl)c(Cl)c1. The topological polar surface area (TPSA) is 47.9 Å². The average molecular weight is 454 g/mol. The van der Waals surface area contributed by atoms with Gasteiger partial charge in [0, 0.05) is 37.7 Å². The summed E-state index contributed by atoms with van der Waals surface area (Å²) in [6.45, 7) is 6.40. The second-order valence-electron chi connectivity index (χ2n) is 7.00. The monoisotopic (exact) mass is 452 g/mol. The van der Waals surface area contributed by atoms with Gasteiger partial charge in [-0.1, -0.05) is 59.1 Å². The third-order valence-corrected chi connectivity index (χ3v) is 5.98. The number of nitrogens with one attached hydrogen (secondary N) is 1. The predicted molar refractivity (Wildman–Crippen MR) is 120 cm³/mol. The maximum absolute atomic E-state index is 12.2. The molecular weight excluding hydrogens is 431 g/mol. The highest BCUT2D eigenvalue weighted by molar-refractivity contribution is 6.42. The van der Waals surface area contributed by atoms with Crippen LogP contribution in [0.3, 0.4) is 0 Å². The second-order valence-corrected chi connectivity index (χ2v) is 8.23. The van der Waals surface area contributed by atoms with Crippen LogP contribution in [-0.2, 0) is 11.3 Å². The van der Waals surface area contributed by atoms with Gasteiger partial charge in [-0.3, -0.25) is 14.6 Å². The van der Waals surface area contributed by atoms with Gasteiger partial charge in [-0.25, -0.2) is 5.43 Å². The molecule has 2 aromatic carbocycles. The molecule has 8 heteroatoms. The van der Waals surface area contributed by atoms with Crippen LogP contribution >= 0.6 is 34.8 Å².